The zero-order valence-corrected chi connectivity index (χ0v) is 13.0. The van der Waals surface area contributed by atoms with Crippen LogP contribution in [-0.4, -0.2) is 4.98 Å². The van der Waals surface area contributed by atoms with Crippen molar-refractivity contribution in [1.29, 1.82) is 0 Å². The number of hydrogen-bond acceptors (Lipinski definition) is 1. The average Bonchev–Trinajstić information content (AvgIpc) is 2.45. The van der Waals surface area contributed by atoms with Crippen LogP contribution in [0.25, 0.3) is 0 Å². The van der Waals surface area contributed by atoms with Crippen LogP contribution in [0.5, 0.6) is 0 Å². The summed E-state index contributed by atoms with van der Waals surface area (Å²) in [6, 6.07) is 4.53. The van der Waals surface area contributed by atoms with Crippen LogP contribution in [-0.2, 0) is 10.8 Å². The molecule has 0 bridgehead atoms. The molecule has 18 heavy (non-hydrogen) atoms. The van der Waals surface area contributed by atoms with Gasteiger partial charge in [0.2, 0.25) is 0 Å². The van der Waals surface area contributed by atoms with Crippen molar-refractivity contribution in [3.8, 4) is 0 Å². The fraction of sp³-hybridized carbons (Fsp3) is 0.706. The minimum absolute atomic E-state index is 0.230. The summed E-state index contributed by atoms with van der Waals surface area (Å²) >= 11 is 0. The Bertz CT molecular complexity index is 319. The van der Waals surface area contributed by atoms with Crippen molar-refractivity contribution < 1.29 is 0 Å². The molecule has 0 radical (unpaired) electrons. The average molecular weight is 247 g/mol. The highest BCUT2D eigenvalue weighted by Gasteiger charge is 2.26. The van der Waals surface area contributed by atoms with Crippen LogP contribution in [0.1, 0.15) is 78.5 Å². The Morgan fingerprint density at radius 3 is 1.67 bits per heavy atom. The molecule has 1 rings (SSSR count). The maximum atomic E-state index is 4.75. The molecule has 102 valence electrons. The lowest BCUT2D eigenvalue weighted by molar-refractivity contribution is 0.418. The monoisotopic (exact) mass is 247 g/mol. The van der Waals surface area contributed by atoms with E-state index in [2.05, 4.69) is 59.9 Å². The second-order valence-electron chi connectivity index (χ2n) is 5.97. The third-order valence-corrected chi connectivity index (χ3v) is 5.20. The number of nitrogens with zero attached hydrogens (tertiary/aromatic N) is 1. The molecule has 0 aromatic carbocycles. The summed E-state index contributed by atoms with van der Waals surface area (Å²) in [6.07, 6.45) is 6.74. The van der Waals surface area contributed by atoms with E-state index >= 15 is 0 Å². The first kappa shape index (κ1) is 15.2. The Morgan fingerprint density at radius 2 is 1.33 bits per heavy atom. The van der Waals surface area contributed by atoms with Crippen molar-refractivity contribution in [2.24, 2.45) is 0 Å². The summed E-state index contributed by atoms with van der Waals surface area (Å²) in [6.45, 7) is 13.7. The van der Waals surface area contributed by atoms with Gasteiger partial charge in [0.1, 0.15) is 0 Å². The maximum absolute atomic E-state index is 4.75. The Hall–Kier alpha value is -0.850. The molecule has 0 aliphatic rings. The summed E-state index contributed by atoms with van der Waals surface area (Å²) in [5.41, 5.74) is 3.13. The van der Waals surface area contributed by atoms with E-state index < -0.39 is 0 Å². The Kier molecular flexibility index (Phi) is 4.95. The SMILES string of the molecule is CCC(C)(CC)c1ccc(C(C)(CC)CC)nc1. The highest BCUT2D eigenvalue weighted by atomic mass is 14.7. The van der Waals surface area contributed by atoms with E-state index in [9.17, 15) is 0 Å². The first-order valence-electron chi connectivity index (χ1n) is 7.42. The van der Waals surface area contributed by atoms with Gasteiger partial charge >= 0.3 is 0 Å². The van der Waals surface area contributed by atoms with Gasteiger partial charge in [-0.1, -0.05) is 47.6 Å². The molecule has 0 saturated carbocycles. The molecular weight excluding hydrogens is 218 g/mol. The lowest BCUT2D eigenvalue weighted by atomic mass is 9.77. The van der Waals surface area contributed by atoms with Crippen molar-refractivity contribution in [2.45, 2.75) is 78.1 Å². The van der Waals surface area contributed by atoms with E-state index in [1.807, 2.05) is 0 Å². The smallest absolute Gasteiger partial charge is 0.0462 e. The third kappa shape index (κ3) is 2.76. The molecule has 0 amide bonds. The van der Waals surface area contributed by atoms with E-state index in [-0.39, 0.29) is 10.8 Å². The molecule has 0 N–H and O–H groups in total. The van der Waals surface area contributed by atoms with Crippen molar-refractivity contribution in [1.82, 2.24) is 4.98 Å². The van der Waals surface area contributed by atoms with Crippen molar-refractivity contribution in [2.75, 3.05) is 0 Å². The molecule has 0 aliphatic heterocycles. The summed E-state index contributed by atoms with van der Waals surface area (Å²) in [4.78, 5) is 4.75. The van der Waals surface area contributed by atoms with Crippen LogP contribution in [0.2, 0.25) is 0 Å². The molecule has 0 aliphatic carbocycles. The number of pyridine rings is 1. The number of rotatable bonds is 6. The van der Waals surface area contributed by atoms with Crippen molar-refractivity contribution in [3.63, 3.8) is 0 Å². The van der Waals surface area contributed by atoms with Crippen LogP contribution in [0.3, 0.4) is 0 Å². The standard InChI is InChI=1S/C17H29N/c1-7-16(5,8-2)14-11-12-15(18-13-14)17(6,9-3)10-4/h11-13H,7-10H2,1-6H3. The van der Waals surface area contributed by atoms with Crippen LogP contribution in [0, 0.1) is 0 Å². The maximum Gasteiger partial charge on any atom is 0.0462 e. The van der Waals surface area contributed by atoms with Gasteiger partial charge in [0.05, 0.1) is 0 Å². The second kappa shape index (κ2) is 5.86. The van der Waals surface area contributed by atoms with Gasteiger partial charge in [0, 0.05) is 17.3 Å². The topological polar surface area (TPSA) is 12.9 Å². The summed E-state index contributed by atoms with van der Waals surface area (Å²) in [5.74, 6) is 0. The van der Waals surface area contributed by atoms with Crippen LogP contribution < -0.4 is 0 Å². The largest absolute Gasteiger partial charge is 0.260 e. The molecule has 0 saturated heterocycles. The fourth-order valence-corrected chi connectivity index (χ4v) is 2.38. The second-order valence-corrected chi connectivity index (χ2v) is 5.97. The normalized spacial score (nSPS) is 12.8. The van der Waals surface area contributed by atoms with E-state index in [4.69, 9.17) is 4.98 Å². The first-order valence-corrected chi connectivity index (χ1v) is 7.42. The predicted molar refractivity (Wildman–Crippen MR) is 80.1 cm³/mol. The van der Waals surface area contributed by atoms with Gasteiger partial charge in [-0.3, -0.25) is 4.98 Å². The minimum atomic E-state index is 0.230. The summed E-state index contributed by atoms with van der Waals surface area (Å²) in [5, 5.41) is 0. The number of aromatic nitrogens is 1. The Morgan fingerprint density at radius 1 is 0.833 bits per heavy atom. The molecule has 1 nitrogen and oxygen atoms in total. The van der Waals surface area contributed by atoms with Gasteiger partial charge in [-0.05, 0) is 42.7 Å². The molecule has 1 aromatic rings. The third-order valence-electron chi connectivity index (χ3n) is 5.20. The van der Waals surface area contributed by atoms with E-state index in [0.717, 1.165) is 12.8 Å². The van der Waals surface area contributed by atoms with Gasteiger partial charge in [-0.2, -0.15) is 0 Å². The first-order chi connectivity index (χ1) is 8.45. The minimum Gasteiger partial charge on any atom is -0.260 e. The number of hydrogen-bond donors (Lipinski definition) is 0. The van der Waals surface area contributed by atoms with Gasteiger partial charge in [-0.25, -0.2) is 0 Å². The molecule has 1 heterocycles. The zero-order valence-electron chi connectivity index (χ0n) is 13.0. The lowest BCUT2D eigenvalue weighted by Gasteiger charge is -2.29. The fourth-order valence-electron chi connectivity index (χ4n) is 2.38. The molecule has 0 unspecified atom stereocenters. The van der Waals surface area contributed by atoms with E-state index in [0.29, 0.717) is 0 Å². The van der Waals surface area contributed by atoms with Gasteiger partial charge in [0.25, 0.3) is 0 Å². The quantitative estimate of drug-likeness (QED) is 0.670. The van der Waals surface area contributed by atoms with Crippen molar-refractivity contribution >= 4 is 0 Å². The molecule has 0 fully saturated rings. The predicted octanol–water partition coefficient (Wildman–Crippen LogP) is 5.24. The molecular formula is C17H29N. The highest BCUT2D eigenvalue weighted by molar-refractivity contribution is 5.26. The van der Waals surface area contributed by atoms with Crippen molar-refractivity contribution in [3.05, 3.63) is 29.6 Å². The van der Waals surface area contributed by atoms with Crippen LogP contribution in [0.15, 0.2) is 18.3 Å². The Labute approximate surface area is 113 Å². The summed E-state index contributed by atoms with van der Waals surface area (Å²) < 4.78 is 0. The van der Waals surface area contributed by atoms with E-state index in [1.165, 1.54) is 24.1 Å². The van der Waals surface area contributed by atoms with Gasteiger partial charge in [-0.15, -0.1) is 0 Å². The highest BCUT2D eigenvalue weighted by Crippen LogP contribution is 2.33. The van der Waals surface area contributed by atoms with Crippen LogP contribution in [0.4, 0.5) is 0 Å². The van der Waals surface area contributed by atoms with Gasteiger partial charge < -0.3 is 0 Å². The van der Waals surface area contributed by atoms with Crippen LogP contribution >= 0.6 is 0 Å². The molecule has 1 aromatic heterocycles. The molecule has 0 atom stereocenters. The Balaban J connectivity index is 3.06. The van der Waals surface area contributed by atoms with E-state index in [1.54, 1.807) is 0 Å². The zero-order chi connectivity index (χ0) is 13.8. The summed E-state index contributed by atoms with van der Waals surface area (Å²) in [7, 11) is 0. The molecule has 0 spiro atoms. The van der Waals surface area contributed by atoms with Gasteiger partial charge in [0.15, 0.2) is 0 Å². The molecule has 1 heteroatoms. The lowest BCUT2D eigenvalue weighted by Crippen LogP contribution is -2.23.